The van der Waals surface area contributed by atoms with Gasteiger partial charge < -0.3 is 20.1 Å². The molecule has 0 fully saturated rings. The zero-order chi connectivity index (χ0) is 14.7. The van der Waals surface area contributed by atoms with Gasteiger partial charge in [-0.2, -0.15) is 0 Å². The van der Waals surface area contributed by atoms with E-state index in [0.29, 0.717) is 18.2 Å². The molecule has 0 aliphatic carbocycles. The van der Waals surface area contributed by atoms with Crippen LogP contribution in [0.3, 0.4) is 0 Å². The molecule has 0 aromatic heterocycles. The van der Waals surface area contributed by atoms with Crippen LogP contribution in [-0.4, -0.2) is 26.3 Å². The Balaban J connectivity index is 1.63. The molecule has 0 radical (unpaired) electrons. The lowest BCUT2D eigenvalue weighted by atomic mass is 10.2. The quantitative estimate of drug-likeness (QED) is 0.881. The average molecular weight is 305 g/mol. The lowest BCUT2D eigenvalue weighted by molar-refractivity contribution is 0.289. The monoisotopic (exact) mass is 304 g/mol. The van der Waals surface area contributed by atoms with E-state index in [1.807, 2.05) is 42.5 Å². The molecule has 0 amide bonds. The van der Waals surface area contributed by atoms with Crippen molar-refractivity contribution in [2.45, 2.75) is 0 Å². The number of hydrogen-bond donors (Lipinski definition) is 1. The number of benzene rings is 2. The maximum Gasteiger partial charge on any atom is 0.144 e. The second-order valence-electron chi connectivity index (χ2n) is 4.83. The van der Waals surface area contributed by atoms with Crippen LogP contribution in [0.15, 0.2) is 42.5 Å². The molecular formula is C16H17ClN2O2. The number of nitrogens with zero attached hydrogens (tertiary/aromatic N) is 1. The third-order valence-electron chi connectivity index (χ3n) is 3.41. The lowest BCUT2D eigenvalue weighted by Crippen LogP contribution is -2.36. The van der Waals surface area contributed by atoms with Gasteiger partial charge in [0, 0.05) is 5.02 Å². The number of para-hydroxylation sites is 1. The third kappa shape index (κ3) is 3.16. The Bertz CT molecular complexity index is 616. The zero-order valence-electron chi connectivity index (χ0n) is 11.6. The van der Waals surface area contributed by atoms with E-state index in [1.165, 1.54) is 0 Å². The van der Waals surface area contributed by atoms with E-state index in [1.54, 1.807) is 0 Å². The molecule has 2 aromatic rings. The van der Waals surface area contributed by atoms with Crippen molar-refractivity contribution in [3.8, 4) is 11.5 Å². The minimum absolute atomic E-state index is 0.579. The second kappa shape index (κ2) is 6.14. The molecule has 2 N–H and O–H groups in total. The number of halogens is 1. The topological polar surface area (TPSA) is 47.7 Å². The van der Waals surface area contributed by atoms with Gasteiger partial charge >= 0.3 is 0 Å². The first-order valence-corrected chi connectivity index (χ1v) is 7.26. The number of nitrogen functional groups attached to an aromatic ring is 1. The molecule has 0 atom stereocenters. The van der Waals surface area contributed by atoms with E-state index >= 15 is 0 Å². The Kier molecular flexibility index (Phi) is 4.06. The number of nitrogens with two attached hydrogens (primary N) is 1. The van der Waals surface area contributed by atoms with Crippen LogP contribution in [0.4, 0.5) is 11.4 Å². The van der Waals surface area contributed by atoms with Gasteiger partial charge in [0.2, 0.25) is 0 Å². The molecule has 3 rings (SSSR count). The van der Waals surface area contributed by atoms with E-state index in [4.69, 9.17) is 26.8 Å². The number of fused-ring (bicyclic) bond motifs is 1. The predicted molar refractivity (Wildman–Crippen MR) is 85.5 cm³/mol. The molecule has 0 unspecified atom stereocenters. The van der Waals surface area contributed by atoms with Crippen molar-refractivity contribution in [1.29, 1.82) is 0 Å². The molecule has 4 nitrogen and oxygen atoms in total. The second-order valence-corrected chi connectivity index (χ2v) is 5.27. The minimum Gasteiger partial charge on any atom is -0.492 e. The fraction of sp³-hybridized carbons (Fsp3) is 0.250. The SMILES string of the molecule is Nc1cccc2c1N(CCOc1ccc(Cl)cc1)CCO2. The smallest absolute Gasteiger partial charge is 0.144 e. The van der Waals surface area contributed by atoms with Crippen LogP contribution in [-0.2, 0) is 0 Å². The van der Waals surface area contributed by atoms with Gasteiger partial charge in [-0.1, -0.05) is 17.7 Å². The van der Waals surface area contributed by atoms with Gasteiger partial charge in [-0.25, -0.2) is 0 Å². The summed E-state index contributed by atoms with van der Waals surface area (Å²) >= 11 is 5.85. The van der Waals surface area contributed by atoms with Crippen molar-refractivity contribution < 1.29 is 9.47 Å². The van der Waals surface area contributed by atoms with Crippen LogP contribution in [0.5, 0.6) is 11.5 Å². The van der Waals surface area contributed by atoms with Crippen LogP contribution in [0, 0.1) is 0 Å². The summed E-state index contributed by atoms with van der Waals surface area (Å²) in [7, 11) is 0. The summed E-state index contributed by atoms with van der Waals surface area (Å²) in [4.78, 5) is 2.20. The van der Waals surface area contributed by atoms with Crippen molar-refractivity contribution >= 4 is 23.0 Å². The number of ether oxygens (including phenoxy) is 2. The van der Waals surface area contributed by atoms with E-state index in [-0.39, 0.29) is 0 Å². The summed E-state index contributed by atoms with van der Waals surface area (Å²) in [6.45, 7) is 2.81. The standard InChI is InChI=1S/C16H17ClN2O2/c17-12-4-6-13(7-5-12)20-10-8-19-9-11-21-15-3-1-2-14(18)16(15)19/h1-7H,8-11,18H2. The van der Waals surface area contributed by atoms with E-state index in [9.17, 15) is 0 Å². The average Bonchev–Trinajstić information content (AvgIpc) is 2.50. The summed E-state index contributed by atoms with van der Waals surface area (Å²) < 4.78 is 11.4. The Labute approximate surface area is 129 Å². The van der Waals surface area contributed by atoms with Crippen LogP contribution in [0.2, 0.25) is 5.02 Å². The van der Waals surface area contributed by atoms with Gasteiger partial charge in [0.1, 0.15) is 30.4 Å². The fourth-order valence-electron chi connectivity index (χ4n) is 2.40. The molecule has 0 spiro atoms. The van der Waals surface area contributed by atoms with E-state index in [2.05, 4.69) is 4.90 Å². The minimum atomic E-state index is 0.579. The van der Waals surface area contributed by atoms with E-state index < -0.39 is 0 Å². The van der Waals surface area contributed by atoms with Crippen molar-refractivity contribution in [2.24, 2.45) is 0 Å². The third-order valence-corrected chi connectivity index (χ3v) is 3.66. The van der Waals surface area contributed by atoms with Crippen molar-refractivity contribution in [3.63, 3.8) is 0 Å². The summed E-state index contributed by atoms with van der Waals surface area (Å²) in [6.07, 6.45) is 0. The summed E-state index contributed by atoms with van der Waals surface area (Å²) in [5.74, 6) is 1.65. The van der Waals surface area contributed by atoms with E-state index in [0.717, 1.165) is 36.0 Å². The number of rotatable bonds is 4. The first kappa shape index (κ1) is 13.9. The Morgan fingerprint density at radius 1 is 1.19 bits per heavy atom. The van der Waals surface area contributed by atoms with Crippen LogP contribution in [0.1, 0.15) is 0 Å². The van der Waals surface area contributed by atoms with Gasteiger partial charge in [-0.3, -0.25) is 0 Å². The molecule has 2 aromatic carbocycles. The van der Waals surface area contributed by atoms with Crippen molar-refractivity contribution in [1.82, 2.24) is 0 Å². The summed E-state index contributed by atoms with van der Waals surface area (Å²) in [5.41, 5.74) is 7.75. The zero-order valence-corrected chi connectivity index (χ0v) is 12.3. The molecule has 110 valence electrons. The van der Waals surface area contributed by atoms with Crippen molar-refractivity contribution in [2.75, 3.05) is 36.9 Å². The van der Waals surface area contributed by atoms with Gasteiger partial charge in [-0.05, 0) is 36.4 Å². The highest BCUT2D eigenvalue weighted by Gasteiger charge is 2.20. The van der Waals surface area contributed by atoms with Gasteiger partial charge in [0.05, 0.1) is 18.8 Å². The Morgan fingerprint density at radius 3 is 2.81 bits per heavy atom. The lowest BCUT2D eigenvalue weighted by Gasteiger charge is -2.32. The molecule has 21 heavy (non-hydrogen) atoms. The Hall–Kier alpha value is -2.07. The maximum absolute atomic E-state index is 6.05. The number of anilines is 2. The molecule has 0 bridgehead atoms. The first-order valence-electron chi connectivity index (χ1n) is 6.88. The highest BCUT2D eigenvalue weighted by atomic mass is 35.5. The highest BCUT2D eigenvalue weighted by molar-refractivity contribution is 6.30. The highest BCUT2D eigenvalue weighted by Crippen LogP contribution is 2.36. The summed E-state index contributed by atoms with van der Waals surface area (Å²) in [6, 6.07) is 13.1. The van der Waals surface area contributed by atoms with Crippen molar-refractivity contribution in [3.05, 3.63) is 47.5 Å². The maximum atomic E-state index is 6.05. The first-order chi connectivity index (χ1) is 10.2. The Morgan fingerprint density at radius 2 is 2.00 bits per heavy atom. The summed E-state index contributed by atoms with van der Waals surface area (Å²) in [5, 5.41) is 0.706. The fourth-order valence-corrected chi connectivity index (χ4v) is 2.53. The molecule has 5 heteroatoms. The predicted octanol–water partition coefficient (Wildman–Crippen LogP) is 3.20. The van der Waals surface area contributed by atoms with Crippen LogP contribution in [0.25, 0.3) is 0 Å². The normalized spacial score (nSPS) is 13.5. The molecule has 0 saturated carbocycles. The molecule has 0 saturated heterocycles. The largest absolute Gasteiger partial charge is 0.492 e. The van der Waals surface area contributed by atoms with Crippen LogP contribution < -0.4 is 20.1 Å². The molecule has 1 heterocycles. The van der Waals surface area contributed by atoms with Gasteiger partial charge in [0.15, 0.2) is 0 Å². The molecular weight excluding hydrogens is 288 g/mol. The van der Waals surface area contributed by atoms with Gasteiger partial charge in [0.25, 0.3) is 0 Å². The van der Waals surface area contributed by atoms with Gasteiger partial charge in [-0.15, -0.1) is 0 Å². The molecule has 1 aliphatic heterocycles. The van der Waals surface area contributed by atoms with Crippen LogP contribution >= 0.6 is 11.6 Å². The number of hydrogen-bond acceptors (Lipinski definition) is 4. The molecule has 1 aliphatic rings.